The molecule has 3 heterocycles. The number of β-amino-alcohol motifs (C(OH)–C–C–N with tert-alkyl or cyclic N) is 1. The number of hydrogen-bond donors (Lipinski definition) is 2. The molecule has 2 aliphatic rings. The van der Waals surface area contributed by atoms with E-state index >= 15 is 0 Å². The molecule has 24 heavy (non-hydrogen) atoms. The summed E-state index contributed by atoms with van der Waals surface area (Å²) in [6.45, 7) is 5.34. The first-order valence-corrected chi connectivity index (χ1v) is 9.95. The number of nitrogens with zero attached hydrogens (tertiary/aromatic N) is 4. The summed E-state index contributed by atoms with van der Waals surface area (Å²) in [5.74, 6) is 0. The monoisotopic (exact) mass is 357 g/mol. The Morgan fingerprint density at radius 1 is 1.21 bits per heavy atom. The second-order valence-corrected chi connectivity index (χ2v) is 8.93. The number of aliphatic hydroxyl groups is 1. The first kappa shape index (κ1) is 17.8. The molecule has 2 aliphatic heterocycles. The molecule has 0 amide bonds. The summed E-state index contributed by atoms with van der Waals surface area (Å²) >= 11 is 0. The van der Waals surface area contributed by atoms with Gasteiger partial charge in [-0.15, -0.1) is 0 Å². The highest BCUT2D eigenvalue weighted by Gasteiger charge is 2.36. The van der Waals surface area contributed by atoms with Crippen molar-refractivity contribution >= 4 is 10.0 Å². The Labute approximate surface area is 143 Å². The van der Waals surface area contributed by atoms with Crippen LogP contribution in [0.4, 0.5) is 0 Å². The van der Waals surface area contributed by atoms with E-state index in [2.05, 4.69) is 27.0 Å². The topological polar surface area (TPSA) is 92.8 Å². The molecule has 0 aromatic carbocycles. The summed E-state index contributed by atoms with van der Waals surface area (Å²) in [4.78, 5) is 4.76. The van der Waals surface area contributed by atoms with E-state index in [0.717, 1.165) is 26.2 Å². The summed E-state index contributed by atoms with van der Waals surface area (Å²) in [5.41, 5.74) is -0.809. The molecule has 3 rings (SSSR count). The molecular formula is C15H27N5O3S. The molecule has 1 aromatic heterocycles. The number of rotatable bonds is 4. The van der Waals surface area contributed by atoms with E-state index in [1.807, 2.05) is 0 Å². The van der Waals surface area contributed by atoms with Crippen molar-refractivity contribution in [3.63, 3.8) is 0 Å². The average Bonchev–Trinajstić information content (AvgIpc) is 3.01. The second-order valence-electron chi connectivity index (χ2n) is 7.00. The van der Waals surface area contributed by atoms with Crippen LogP contribution >= 0.6 is 0 Å². The van der Waals surface area contributed by atoms with Gasteiger partial charge in [0.05, 0.1) is 11.8 Å². The van der Waals surface area contributed by atoms with Crippen LogP contribution in [-0.4, -0.2) is 96.3 Å². The SMILES string of the molecule is CN1CCN(C[C@@]2(O)CCCN(S(=O)(=O)c3cn[nH]c3)CC2)CC1. The molecule has 2 N–H and O–H groups in total. The van der Waals surface area contributed by atoms with Crippen LogP contribution < -0.4 is 0 Å². The number of aromatic amines is 1. The van der Waals surface area contributed by atoms with Crippen molar-refractivity contribution in [2.24, 2.45) is 0 Å². The molecular weight excluding hydrogens is 330 g/mol. The maximum absolute atomic E-state index is 12.6. The van der Waals surface area contributed by atoms with Crippen LogP contribution in [0, 0.1) is 0 Å². The lowest BCUT2D eigenvalue weighted by atomic mass is 9.94. The summed E-state index contributed by atoms with van der Waals surface area (Å²) in [6, 6.07) is 0. The van der Waals surface area contributed by atoms with E-state index in [1.165, 1.54) is 16.7 Å². The van der Waals surface area contributed by atoms with Crippen LogP contribution in [-0.2, 0) is 10.0 Å². The van der Waals surface area contributed by atoms with Gasteiger partial charge in [0, 0.05) is 52.0 Å². The normalized spacial score (nSPS) is 28.8. The summed E-state index contributed by atoms with van der Waals surface area (Å²) in [7, 11) is -1.42. The third kappa shape index (κ3) is 3.97. The second kappa shape index (κ2) is 7.09. The zero-order chi connectivity index (χ0) is 17.2. The maximum atomic E-state index is 12.6. The first-order chi connectivity index (χ1) is 11.4. The number of piperazine rings is 1. The Morgan fingerprint density at radius 2 is 1.96 bits per heavy atom. The predicted molar refractivity (Wildman–Crippen MR) is 90.1 cm³/mol. The summed E-state index contributed by atoms with van der Waals surface area (Å²) in [6.07, 6.45) is 4.50. The van der Waals surface area contributed by atoms with Crippen molar-refractivity contribution < 1.29 is 13.5 Å². The molecule has 8 nitrogen and oxygen atoms in total. The van der Waals surface area contributed by atoms with Gasteiger partial charge in [-0.05, 0) is 26.3 Å². The zero-order valence-corrected chi connectivity index (χ0v) is 15.0. The van der Waals surface area contributed by atoms with Gasteiger partial charge >= 0.3 is 0 Å². The fraction of sp³-hybridized carbons (Fsp3) is 0.800. The number of sulfonamides is 1. The Balaban J connectivity index is 1.62. The molecule has 2 fully saturated rings. The summed E-state index contributed by atoms with van der Waals surface area (Å²) in [5, 5.41) is 17.3. The Kier molecular flexibility index (Phi) is 5.26. The standard InChI is InChI=1S/C15H27N5O3S/c1-18-7-9-19(10-8-18)13-15(21)3-2-5-20(6-4-15)24(22,23)14-11-16-17-12-14/h11-12,21H,2-10,13H2,1H3,(H,16,17)/t15-/m1/s1. The minimum Gasteiger partial charge on any atom is -0.389 e. The van der Waals surface area contributed by atoms with Crippen molar-refractivity contribution in [1.29, 1.82) is 0 Å². The third-order valence-corrected chi connectivity index (χ3v) is 6.96. The number of H-pyrrole nitrogens is 1. The van der Waals surface area contributed by atoms with Crippen LogP contribution in [0.15, 0.2) is 17.3 Å². The van der Waals surface area contributed by atoms with Gasteiger partial charge in [0.25, 0.3) is 0 Å². The van der Waals surface area contributed by atoms with E-state index in [0.29, 0.717) is 38.9 Å². The van der Waals surface area contributed by atoms with Crippen LogP contribution in [0.2, 0.25) is 0 Å². The summed E-state index contributed by atoms with van der Waals surface area (Å²) < 4.78 is 26.7. The van der Waals surface area contributed by atoms with E-state index < -0.39 is 15.6 Å². The first-order valence-electron chi connectivity index (χ1n) is 8.51. The maximum Gasteiger partial charge on any atom is 0.246 e. The van der Waals surface area contributed by atoms with Gasteiger partial charge < -0.3 is 10.0 Å². The minimum absolute atomic E-state index is 0.187. The lowest BCUT2D eigenvalue weighted by Gasteiger charge is -2.38. The Morgan fingerprint density at radius 3 is 2.62 bits per heavy atom. The highest BCUT2D eigenvalue weighted by molar-refractivity contribution is 7.89. The molecule has 0 bridgehead atoms. The molecule has 1 aromatic rings. The van der Waals surface area contributed by atoms with Crippen molar-refractivity contribution in [1.82, 2.24) is 24.3 Å². The van der Waals surface area contributed by atoms with Gasteiger partial charge in [0.1, 0.15) is 4.90 Å². The van der Waals surface area contributed by atoms with Crippen molar-refractivity contribution in [3.8, 4) is 0 Å². The molecule has 0 aliphatic carbocycles. The highest BCUT2D eigenvalue weighted by Crippen LogP contribution is 2.27. The molecule has 0 radical (unpaired) electrons. The largest absolute Gasteiger partial charge is 0.389 e. The lowest BCUT2D eigenvalue weighted by Crippen LogP contribution is -2.51. The van der Waals surface area contributed by atoms with Gasteiger partial charge in [-0.3, -0.25) is 10.00 Å². The predicted octanol–water partition coefficient (Wildman–Crippen LogP) is -0.437. The fourth-order valence-corrected chi connectivity index (χ4v) is 4.89. The zero-order valence-electron chi connectivity index (χ0n) is 14.2. The van der Waals surface area contributed by atoms with E-state index in [4.69, 9.17) is 0 Å². The van der Waals surface area contributed by atoms with Crippen LogP contribution in [0.1, 0.15) is 19.3 Å². The fourth-order valence-electron chi connectivity index (χ4n) is 3.50. The van der Waals surface area contributed by atoms with E-state index in [1.54, 1.807) is 0 Å². The molecule has 0 spiro atoms. The van der Waals surface area contributed by atoms with Gasteiger partial charge in [0.2, 0.25) is 10.0 Å². The van der Waals surface area contributed by atoms with E-state index in [9.17, 15) is 13.5 Å². The smallest absolute Gasteiger partial charge is 0.246 e. The number of aromatic nitrogens is 2. The van der Waals surface area contributed by atoms with Crippen molar-refractivity contribution in [3.05, 3.63) is 12.4 Å². The molecule has 136 valence electrons. The van der Waals surface area contributed by atoms with E-state index in [-0.39, 0.29) is 4.90 Å². The lowest BCUT2D eigenvalue weighted by molar-refractivity contribution is -0.0173. The Hall–Kier alpha value is -1.00. The van der Waals surface area contributed by atoms with Crippen molar-refractivity contribution in [2.45, 2.75) is 29.8 Å². The average molecular weight is 357 g/mol. The van der Waals surface area contributed by atoms with Crippen molar-refractivity contribution in [2.75, 3.05) is 52.9 Å². The van der Waals surface area contributed by atoms with Gasteiger partial charge in [-0.2, -0.15) is 9.40 Å². The number of hydrogen-bond acceptors (Lipinski definition) is 6. The van der Waals surface area contributed by atoms with Crippen LogP contribution in [0.5, 0.6) is 0 Å². The molecule has 0 saturated carbocycles. The van der Waals surface area contributed by atoms with Crippen LogP contribution in [0.25, 0.3) is 0 Å². The molecule has 9 heteroatoms. The van der Waals surface area contributed by atoms with Crippen LogP contribution in [0.3, 0.4) is 0 Å². The van der Waals surface area contributed by atoms with Gasteiger partial charge in [0.15, 0.2) is 0 Å². The van der Waals surface area contributed by atoms with Gasteiger partial charge in [-0.25, -0.2) is 8.42 Å². The molecule has 2 saturated heterocycles. The number of nitrogens with one attached hydrogen (secondary N) is 1. The quantitative estimate of drug-likeness (QED) is 0.759. The third-order valence-electron chi connectivity index (χ3n) is 5.10. The highest BCUT2D eigenvalue weighted by atomic mass is 32.2. The molecule has 1 atom stereocenters. The van der Waals surface area contributed by atoms with Gasteiger partial charge in [-0.1, -0.05) is 0 Å². The Bertz CT molecular complexity index is 628. The minimum atomic E-state index is -3.52. The molecule has 0 unspecified atom stereocenters. The number of likely N-dealkylation sites (N-methyl/N-ethyl adjacent to an activating group) is 1.